The molecule has 0 aliphatic rings. The molecule has 9 unspecified atom stereocenters. The Morgan fingerprint density at radius 3 is 1.64 bits per heavy atom. The molecule has 0 heterocycles. The fourth-order valence-electron chi connectivity index (χ4n) is 5.03. The highest BCUT2D eigenvalue weighted by Crippen LogP contribution is 2.15. The van der Waals surface area contributed by atoms with Crippen molar-refractivity contribution in [3.8, 4) is 0 Å². The molecule has 0 aliphatic heterocycles. The SMILES string of the molecule is CC(C)C(=O)CC(O)CC(O)CC(O)C=CCC(O)CC(O)CC(O)CC(O)C=CCC(O)CC(O)CCCN=Cc1ccccc1. The average molecular weight is 666 g/mol. The predicted octanol–water partition coefficient (Wildman–Crippen LogP) is 1.98. The first kappa shape index (κ1) is 42.7. The molecule has 0 aromatic heterocycles. The number of carbonyl (C=O) groups excluding carboxylic acids is 1. The first-order chi connectivity index (χ1) is 22.2. The second kappa shape index (κ2) is 24.8. The number of Topliss-reactive ketones (excluding diaryl/α,β-unsaturated/α-hetero) is 1. The van der Waals surface area contributed by atoms with Crippen molar-refractivity contribution in [2.45, 2.75) is 139 Å². The van der Waals surface area contributed by atoms with Crippen molar-refractivity contribution >= 4 is 12.0 Å². The minimum atomic E-state index is -1.03. The number of hydrogen-bond acceptors (Lipinski definition) is 11. The molecule has 0 bridgehead atoms. The largest absolute Gasteiger partial charge is 0.393 e. The van der Waals surface area contributed by atoms with Crippen molar-refractivity contribution in [1.82, 2.24) is 0 Å². The van der Waals surface area contributed by atoms with E-state index in [9.17, 15) is 50.8 Å². The summed E-state index contributed by atoms with van der Waals surface area (Å²) in [5, 5.41) is 91.4. The Morgan fingerprint density at radius 1 is 0.638 bits per heavy atom. The summed E-state index contributed by atoms with van der Waals surface area (Å²) in [6.45, 7) is 4.05. The zero-order chi connectivity index (χ0) is 35.2. The number of rotatable bonds is 26. The van der Waals surface area contributed by atoms with Gasteiger partial charge in [0.2, 0.25) is 0 Å². The maximum absolute atomic E-state index is 11.7. The van der Waals surface area contributed by atoms with Crippen molar-refractivity contribution in [3.05, 3.63) is 60.2 Å². The van der Waals surface area contributed by atoms with Gasteiger partial charge in [0.25, 0.3) is 0 Å². The van der Waals surface area contributed by atoms with E-state index in [2.05, 4.69) is 4.99 Å². The van der Waals surface area contributed by atoms with Crippen LogP contribution in [0.4, 0.5) is 0 Å². The molecular formula is C36H59NO10. The van der Waals surface area contributed by atoms with Gasteiger partial charge in [0.05, 0.1) is 54.9 Å². The summed E-state index contributed by atoms with van der Waals surface area (Å²) in [6, 6.07) is 9.73. The van der Waals surface area contributed by atoms with Gasteiger partial charge in [-0.05, 0) is 56.9 Å². The van der Waals surface area contributed by atoms with E-state index in [0.717, 1.165) is 5.56 Å². The van der Waals surface area contributed by atoms with Gasteiger partial charge in [-0.3, -0.25) is 9.79 Å². The molecule has 9 N–H and O–H groups in total. The number of hydrogen-bond donors (Lipinski definition) is 9. The van der Waals surface area contributed by atoms with Crippen molar-refractivity contribution in [2.75, 3.05) is 6.54 Å². The van der Waals surface area contributed by atoms with Gasteiger partial charge in [-0.25, -0.2) is 0 Å². The van der Waals surface area contributed by atoms with E-state index in [0.29, 0.717) is 19.4 Å². The van der Waals surface area contributed by atoms with Crippen LogP contribution in [0.2, 0.25) is 0 Å². The minimum absolute atomic E-state index is 0.0317. The first-order valence-electron chi connectivity index (χ1n) is 16.8. The van der Waals surface area contributed by atoms with Gasteiger partial charge < -0.3 is 46.0 Å². The monoisotopic (exact) mass is 665 g/mol. The summed E-state index contributed by atoms with van der Waals surface area (Å²) in [5.74, 6) is -0.307. The van der Waals surface area contributed by atoms with Crippen LogP contribution in [0, 0.1) is 5.92 Å². The Balaban J connectivity index is 2.22. The van der Waals surface area contributed by atoms with Crippen LogP contribution in [-0.2, 0) is 4.79 Å². The second-order valence-electron chi connectivity index (χ2n) is 12.9. The first-order valence-corrected chi connectivity index (χ1v) is 16.8. The summed E-state index contributed by atoms with van der Waals surface area (Å²) in [5.41, 5.74) is 1.01. The number of nitrogens with zero attached hydrogens (tertiary/aromatic N) is 1. The van der Waals surface area contributed by atoms with Crippen LogP contribution in [0.3, 0.4) is 0 Å². The van der Waals surface area contributed by atoms with Crippen LogP contribution in [0.5, 0.6) is 0 Å². The zero-order valence-corrected chi connectivity index (χ0v) is 27.9. The molecule has 47 heavy (non-hydrogen) atoms. The average Bonchev–Trinajstić information content (AvgIpc) is 2.96. The summed E-state index contributed by atoms with van der Waals surface area (Å²) < 4.78 is 0. The normalized spacial score (nSPS) is 18.4. The van der Waals surface area contributed by atoms with E-state index in [-0.39, 0.29) is 69.5 Å². The van der Waals surface area contributed by atoms with Gasteiger partial charge in [-0.15, -0.1) is 0 Å². The number of benzene rings is 1. The second-order valence-corrected chi connectivity index (χ2v) is 12.9. The fraction of sp³-hybridized carbons (Fsp3) is 0.667. The Morgan fingerprint density at radius 2 is 1.11 bits per heavy atom. The third kappa shape index (κ3) is 22.8. The van der Waals surface area contributed by atoms with Crippen molar-refractivity contribution in [3.63, 3.8) is 0 Å². The minimum Gasteiger partial charge on any atom is -0.393 e. The van der Waals surface area contributed by atoms with Crippen molar-refractivity contribution in [2.24, 2.45) is 10.9 Å². The molecule has 1 aromatic rings. The molecule has 9 atom stereocenters. The highest BCUT2D eigenvalue weighted by molar-refractivity contribution is 5.80. The lowest BCUT2D eigenvalue weighted by atomic mass is 9.97. The van der Waals surface area contributed by atoms with E-state index >= 15 is 0 Å². The van der Waals surface area contributed by atoms with Gasteiger partial charge in [0.15, 0.2) is 0 Å². The van der Waals surface area contributed by atoms with Crippen molar-refractivity contribution in [1.29, 1.82) is 0 Å². The van der Waals surface area contributed by atoms with Crippen LogP contribution in [0.15, 0.2) is 59.6 Å². The fourth-order valence-corrected chi connectivity index (χ4v) is 5.03. The number of aliphatic imine (C=N–C) groups is 1. The van der Waals surface area contributed by atoms with E-state index in [4.69, 9.17) is 0 Å². The quantitative estimate of drug-likeness (QED) is 0.0399. The highest BCUT2D eigenvalue weighted by atomic mass is 16.3. The summed E-state index contributed by atoms with van der Waals surface area (Å²) >= 11 is 0. The van der Waals surface area contributed by atoms with Crippen molar-refractivity contribution < 1.29 is 50.8 Å². The maximum atomic E-state index is 11.7. The van der Waals surface area contributed by atoms with Crippen LogP contribution in [0.1, 0.15) is 90.0 Å². The predicted molar refractivity (Wildman–Crippen MR) is 182 cm³/mol. The van der Waals surface area contributed by atoms with Crippen LogP contribution >= 0.6 is 0 Å². The standard InChI is InChI=1S/C36H59NO10/c1-25(2)36(47)23-35(46)22-34(45)20-30(41)14-7-13-29(40)19-33(44)21-32(43)18-28(39)12-6-11-27(38)17-31(42)15-8-16-37-24-26-9-4-3-5-10-26/h3-7,9-10,12,14,24-25,27-35,38-46H,8,11,13,15-23H2,1-2H3. The van der Waals surface area contributed by atoms with Gasteiger partial charge in [0, 0.05) is 37.9 Å². The lowest BCUT2D eigenvalue weighted by molar-refractivity contribution is -0.124. The van der Waals surface area contributed by atoms with E-state index in [1.165, 1.54) is 18.2 Å². The lowest BCUT2D eigenvalue weighted by Crippen LogP contribution is -2.25. The molecule has 0 fully saturated rings. The molecule has 1 aromatic carbocycles. The van der Waals surface area contributed by atoms with Gasteiger partial charge in [0.1, 0.15) is 5.78 Å². The smallest absolute Gasteiger partial charge is 0.137 e. The molecule has 11 heteroatoms. The maximum Gasteiger partial charge on any atom is 0.137 e. The molecule has 0 aliphatic carbocycles. The molecule has 0 spiro atoms. The molecule has 0 radical (unpaired) electrons. The summed E-state index contributed by atoms with van der Waals surface area (Å²) in [7, 11) is 0. The van der Waals surface area contributed by atoms with Gasteiger partial charge >= 0.3 is 0 Å². The number of ketones is 1. The molecule has 0 saturated carbocycles. The van der Waals surface area contributed by atoms with Crippen LogP contribution in [0.25, 0.3) is 0 Å². The van der Waals surface area contributed by atoms with E-state index < -0.39 is 54.9 Å². The summed E-state index contributed by atoms with van der Waals surface area (Å²) in [4.78, 5) is 16.0. The van der Waals surface area contributed by atoms with E-state index in [1.54, 1.807) is 26.1 Å². The van der Waals surface area contributed by atoms with E-state index in [1.807, 2.05) is 30.3 Å². The topological polar surface area (TPSA) is 212 Å². The number of aliphatic hydroxyl groups excluding tert-OH is 9. The van der Waals surface area contributed by atoms with Crippen LogP contribution < -0.4 is 0 Å². The number of aliphatic hydroxyl groups is 9. The third-order valence-corrected chi connectivity index (χ3v) is 7.68. The Labute approximate surface area is 279 Å². The summed E-state index contributed by atoms with van der Waals surface area (Å²) in [6.07, 6.45) is 0.772. The van der Waals surface area contributed by atoms with Gasteiger partial charge in [-0.2, -0.15) is 0 Å². The molecule has 11 nitrogen and oxygen atoms in total. The molecule has 0 amide bonds. The van der Waals surface area contributed by atoms with Crippen LogP contribution in [-0.4, -0.2) is 119 Å². The molecule has 1 rings (SSSR count). The molecule has 268 valence electrons. The molecule has 0 saturated heterocycles. The third-order valence-electron chi connectivity index (χ3n) is 7.68. The molecular weight excluding hydrogens is 606 g/mol. The van der Waals surface area contributed by atoms with Gasteiger partial charge in [-0.1, -0.05) is 68.5 Å². The zero-order valence-electron chi connectivity index (χ0n) is 27.9. The Kier molecular flexibility index (Phi) is 22.5. The number of carbonyl (C=O) groups is 1. The lowest BCUT2D eigenvalue weighted by Gasteiger charge is -2.19. The Bertz CT molecular complexity index is 1030. The Hall–Kier alpha value is -2.32. The highest BCUT2D eigenvalue weighted by Gasteiger charge is 2.20.